The summed E-state index contributed by atoms with van der Waals surface area (Å²) in [6, 6.07) is 11.3. The number of nitrogens with zero attached hydrogens (tertiary/aromatic N) is 1. The van der Waals surface area contributed by atoms with Crippen LogP contribution in [0.5, 0.6) is 0 Å². The molecule has 4 heteroatoms. The SMILES string of the molecule is CC(=O)OCC(CC(C)C)n1c(C)cc(C(=O)c2ccccc2)c1C. The predicted octanol–water partition coefficient (Wildman–Crippen LogP) is 4.49. The molecule has 0 aliphatic heterocycles. The maximum absolute atomic E-state index is 12.8. The molecule has 4 nitrogen and oxygen atoms in total. The number of rotatable bonds is 7. The topological polar surface area (TPSA) is 48.3 Å². The van der Waals surface area contributed by atoms with Gasteiger partial charge in [-0.15, -0.1) is 0 Å². The summed E-state index contributed by atoms with van der Waals surface area (Å²) in [6.45, 7) is 9.99. The van der Waals surface area contributed by atoms with Crippen molar-refractivity contribution >= 4 is 11.8 Å². The van der Waals surface area contributed by atoms with Crippen LogP contribution in [0, 0.1) is 19.8 Å². The van der Waals surface area contributed by atoms with Crippen molar-refractivity contribution in [1.82, 2.24) is 4.57 Å². The van der Waals surface area contributed by atoms with E-state index in [-0.39, 0.29) is 17.8 Å². The summed E-state index contributed by atoms with van der Waals surface area (Å²) in [5, 5.41) is 0. The van der Waals surface area contributed by atoms with E-state index in [0.29, 0.717) is 23.7 Å². The van der Waals surface area contributed by atoms with Crippen molar-refractivity contribution in [2.24, 2.45) is 5.92 Å². The standard InChI is InChI=1S/C21H27NO3/c1-14(2)11-19(13-25-17(5)23)22-15(3)12-20(16(22)4)21(24)18-9-7-6-8-10-18/h6-10,12,14,19H,11,13H2,1-5H3. The molecular weight excluding hydrogens is 314 g/mol. The number of ketones is 1. The summed E-state index contributed by atoms with van der Waals surface area (Å²) in [6.07, 6.45) is 0.878. The van der Waals surface area contributed by atoms with Crippen molar-refractivity contribution in [3.8, 4) is 0 Å². The van der Waals surface area contributed by atoms with Crippen LogP contribution in [-0.4, -0.2) is 22.9 Å². The van der Waals surface area contributed by atoms with Gasteiger partial charge in [0.2, 0.25) is 0 Å². The van der Waals surface area contributed by atoms with Gasteiger partial charge in [-0.3, -0.25) is 9.59 Å². The molecule has 0 amide bonds. The van der Waals surface area contributed by atoms with Crippen molar-refractivity contribution < 1.29 is 14.3 Å². The Morgan fingerprint density at radius 1 is 1.12 bits per heavy atom. The lowest BCUT2D eigenvalue weighted by molar-refractivity contribution is -0.142. The van der Waals surface area contributed by atoms with Gasteiger partial charge in [-0.25, -0.2) is 0 Å². The van der Waals surface area contributed by atoms with Gasteiger partial charge < -0.3 is 9.30 Å². The minimum Gasteiger partial charge on any atom is -0.464 e. The van der Waals surface area contributed by atoms with Gasteiger partial charge in [-0.2, -0.15) is 0 Å². The molecule has 1 aromatic carbocycles. The van der Waals surface area contributed by atoms with Crippen LogP contribution in [0.3, 0.4) is 0 Å². The number of esters is 1. The highest BCUT2D eigenvalue weighted by atomic mass is 16.5. The van der Waals surface area contributed by atoms with Crippen LogP contribution < -0.4 is 0 Å². The van der Waals surface area contributed by atoms with Crippen molar-refractivity contribution in [3.63, 3.8) is 0 Å². The number of hydrogen-bond acceptors (Lipinski definition) is 3. The van der Waals surface area contributed by atoms with E-state index in [1.54, 1.807) is 0 Å². The quantitative estimate of drug-likeness (QED) is 0.551. The molecule has 0 saturated heterocycles. The summed E-state index contributed by atoms with van der Waals surface area (Å²) >= 11 is 0. The van der Waals surface area contributed by atoms with Gasteiger partial charge >= 0.3 is 5.97 Å². The normalized spacial score (nSPS) is 12.2. The number of aromatic nitrogens is 1. The molecule has 0 bridgehead atoms. The Balaban J connectivity index is 2.38. The second-order valence-electron chi connectivity index (χ2n) is 6.94. The molecule has 2 aromatic rings. The van der Waals surface area contributed by atoms with Crippen LogP contribution in [0.4, 0.5) is 0 Å². The number of hydrogen-bond donors (Lipinski definition) is 0. The van der Waals surface area contributed by atoms with E-state index in [9.17, 15) is 9.59 Å². The van der Waals surface area contributed by atoms with Gasteiger partial charge in [0.15, 0.2) is 5.78 Å². The van der Waals surface area contributed by atoms with Gasteiger partial charge in [-0.05, 0) is 32.3 Å². The van der Waals surface area contributed by atoms with E-state index in [1.165, 1.54) is 6.92 Å². The molecular formula is C21H27NO3. The minimum atomic E-state index is -0.281. The van der Waals surface area contributed by atoms with E-state index >= 15 is 0 Å². The second kappa shape index (κ2) is 8.15. The van der Waals surface area contributed by atoms with Crippen LogP contribution >= 0.6 is 0 Å². The molecule has 0 aliphatic carbocycles. The Morgan fingerprint density at radius 3 is 2.32 bits per heavy atom. The highest BCUT2D eigenvalue weighted by Gasteiger charge is 2.23. The van der Waals surface area contributed by atoms with Crippen LogP contribution in [0.25, 0.3) is 0 Å². The highest BCUT2D eigenvalue weighted by molar-refractivity contribution is 6.09. The van der Waals surface area contributed by atoms with Gasteiger partial charge in [0.1, 0.15) is 6.61 Å². The zero-order valence-electron chi connectivity index (χ0n) is 15.7. The molecule has 0 N–H and O–H groups in total. The molecule has 0 spiro atoms. The molecule has 0 fully saturated rings. The third-order valence-electron chi connectivity index (χ3n) is 4.35. The van der Waals surface area contributed by atoms with Gasteiger partial charge in [0, 0.05) is 29.4 Å². The fourth-order valence-corrected chi connectivity index (χ4v) is 3.32. The summed E-state index contributed by atoms with van der Waals surface area (Å²) < 4.78 is 7.42. The summed E-state index contributed by atoms with van der Waals surface area (Å²) in [4.78, 5) is 24.1. The fourth-order valence-electron chi connectivity index (χ4n) is 3.32. The maximum Gasteiger partial charge on any atom is 0.302 e. The van der Waals surface area contributed by atoms with Crippen molar-refractivity contribution in [2.75, 3.05) is 6.61 Å². The molecule has 134 valence electrons. The molecule has 1 aromatic heterocycles. The lowest BCUT2D eigenvalue weighted by Gasteiger charge is -2.24. The van der Waals surface area contributed by atoms with E-state index in [4.69, 9.17) is 4.74 Å². The van der Waals surface area contributed by atoms with Gasteiger partial charge in [-0.1, -0.05) is 44.2 Å². The number of benzene rings is 1. The molecule has 0 aliphatic rings. The van der Waals surface area contributed by atoms with E-state index in [0.717, 1.165) is 17.8 Å². The molecule has 0 saturated carbocycles. The van der Waals surface area contributed by atoms with E-state index in [1.807, 2.05) is 50.2 Å². The second-order valence-corrected chi connectivity index (χ2v) is 6.94. The van der Waals surface area contributed by atoms with Gasteiger partial charge in [0.25, 0.3) is 0 Å². The number of ether oxygens (including phenoxy) is 1. The van der Waals surface area contributed by atoms with Crippen molar-refractivity contribution in [2.45, 2.75) is 47.1 Å². The summed E-state index contributed by atoms with van der Waals surface area (Å²) in [5.74, 6) is 0.197. The first-order valence-electron chi connectivity index (χ1n) is 8.72. The summed E-state index contributed by atoms with van der Waals surface area (Å²) in [5.41, 5.74) is 3.32. The Bertz CT molecular complexity index is 744. The first-order chi connectivity index (χ1) is 11.8. The highest BCUT2D eigenvalue weighted by Crippen LogP contribution is 2.27. The molecule has 1 heterocycles. The maximum atomic E-state index is 12.8. The lowest BCUT2D eigenvalue weighted by Crippen LogP contribution is -2.21. The Kier molecular flexibility index (Phi) is 6.18. The van der Waals surface area contributed by atoms with Crippen LogP contribution in [0.15, 0.2) is 36.4 Å². The van der Waals surface area contributed by atoms with Crippen LogP contribution in [0.2, 0.25) is 0 Å². The Morgan fingerprint density at radius 2 is 1.76 bits per heavy atom. The smallest absolute Gasteiger partial charge is 0.302 e. The van der Waals surface area contributed by atoms with Gasteiger partial charge in [0.05, 0.1) is 6.04 Å². The lowest BCUT2D eigenvalue weighted by atomic mass is 10.0. The van der Waals surface area contributed by atoms with Crippen molar-refractivity contribution in [1.29, 1.82) is 0 Å². The predicted molar refractivity (Wildman–Crippen MR) is 98.9 cm³/mol. The average molecular weight is 341 g/mol. The summed E-state index contributed by atoms with van der Waals surface area (Å²) in [7, 11) is 0. The molecule has 1 unspecified atom stereocenters. The third kappa shape index (κ3) is 4.59. The van der Waals surface area contributed by atoms with Crippen molar-refractivity contribution in [3.05, 3.63) is 58.9 Å². The number of carbonyl (C=O) groups excluding carboxylic acids is 2. The van der Waals surface area contributed by atoms with Crippen LogP contribution in [0.1, 0.15) is 60.5 Å². The fraction of sp³-hybridized carbons (Fsp3) is 0.429. The van der Waals surface area contributed by atoms with E-state index in [2.05, 4.69) is 18.4 Å². The Hall–Kier alpha value is -2.36. The number of aryl methyl sites for hydroxylation is 1. The zero-order chi connectivity index (χ0) is 18.6. The molecule has 1 atom stereocenters. The first-order valence-corrected chi connectivity index (χ1v) is 8.72. The molecule has 0 radical (unpaired) electrons. The zero-order valence-corrected chi connectivity index (χ0v) is 15.7. The Labute approximate surface area is 149 Å². The monoisotopic (exact) mass is 341 g/mol. The largest absolute Gasteiger partial charge is 0.464 e. The molecule has 2 rings (SSSR count). The first kappa shape index (κ1) is 19.0. The number of carbonyl (C=O) groups is 2. The molecule has 25 heavy (non-hydrogen) atoms. The third-order valence-corrected chi connectivity index (χ3v) is 4.35. The average Bonchev–Trinajstić information content (AvgIpc) is 2.86. The van der Waals surface area contributed by atoms with Crippen LogP contribution in [-0.2, 0) is 9.53 Å². The van der Waals surface area contributed by atoms with E-state index < -0.39 is 0 Å². The minimum absolute atomic E-state index is 0.0238.